The Kier molecular flexibility index (Phi) is 6.81. The number of nitrogens with one attached hydrogen (secondary N) is 1. The highest BCUT2D eigenvalue weighted by atomic mass is 16.5. The molecule has 0 saturated heterocycles. The molecule has 1 aromatic heterocycles. The number of aromatic nitrogens is 2. The van der Waals surface area contributed by atoms with Gasteiger partial charge in [0.05, 0.1) is 12.8 Å². The molecule has 1 atom stereocenters. The van der Waals surface area contributed by atoms with Gasteiger partial charge >= 0.3 is 5.97 Å². The maximum atomic E-state index is 11.0. The quantitative estimate of drug-likeness (QED) is 0.564. The number of hydrogen-bond acceptors (Lipinski definition) is 4. The molecule has 0 amide bonds. The maximum absolute atomic E-state index is 11.0. The molecule has 6 nitrogen and oxygen atoms in total. The Labute approximate surface area is 164 Å². The zero-order valence-electron chi connectivity index (χ0n) is 15.9. The van der Waals surface area contributed by atoms with E-state index in [0.29, 0.717) is 13.0 Å². The Hall–Kier alpha value is -3.12. The number of aliphatic carboxylic acids is 1. The van der Waals surface area contributed by atoms with E-state index in [1.54, 1.807) is 13.3 Å². The van der Waals surface area contributed by atoms with Gasteiger partial charge in [-0.1, -0.05) is 42.5 Å². The van der Waals surface area contributed by atoms with Gasteiger partial charge in [0.15, 0.2) is 0 Å². The van der Waals surface area contributed by atoms with Crippen LogP contribution in [0.4, 0.5) is 0 Å². The third kappa shape index (κ3) is 5.20. The van der Waals surface area contributed by atoms with Gasteiger partial charge in [0.2, 0.25) is 0 Å². The number of methoxy groups -OCH3 is 1. The molecule has 0 aliphatic heterocycles. The number of rotatable bonds is 10. The standard InChI is InChI=1S/C22H25N3O3/c1-28-21-10-6-5-9-20(21)25-19(13-14-24-25)16-23-18(11-12-22(26)27)15-17-7-3-2-4-8-17/h2-10,13-14,18,23H,11-12,15-16H2,1H3,(H,26,27). The Morgan fingerprint density at radius 3 is 2.64 bits per heavy atom. The van der Waals surface area contributed by atoms with E-state index in [1.807, 2.05) is 53.2 Å². The highest BCUT2D eigenvalue weighted by molar-refractivity contribution is 5.66. The van der Waals surface area contributed by atoms with E-state index in [2.05, 4.69) is 22.5 Å². The molecule has 3 aromatic rings. The second kappa shape index (κ2) is 9.71. The maximum Gasteiger partial charge on any atom is 0.303 e. The van der Waals surface area contributed by atoms with Crippen LogP contribution in [0.2, 0.25) is 0 Å². The fourth-order valence-electron chi connectivity index (χ4n) is 3.21. The van der Waals surface area contributed by atoms with Crippen LogP contribution >= 0.6 is 0 Å². The minimum Gasteiger partial charge on any atom is -0.494 e. The third-order valence-corrected chi connectivity index (χ3v) is 4.64. The van der Waals surface area contributed by atoms with Crippen LogP contribution in [0, 0.1) is 0 Å². The lowest BCUT2D eigenvalue weighted by atomic mass is 10.0. The second-order valence-electron chi connectivity index (χ2n) is 6.61. The monoisotopic (exact) mass is 379 g/mol. The van der Waals surface area contributed by atoms with Crippen molar-refractivity contribution in [2.24, 2.45) is 0 Å². The van der Waals surface area contributed by atoms with Crippen LogP contribution in [-0.2, 0) is 17.8 Å². The second-order valence-corrected chi connectivity index (χ2v) is 6.61. The number of carboxylic acids is 1. The number of carboxylic acid groups (broad SMARTS) is 1. The summed E-state index contributed by atoms with van der Waals surface area (Å²) >= 11 is 0. The van der Waals surface area contributed by atoms with Crippen molar-refractivity contribution in [1.29, 1.82) is 0 Å². The first-order chi connectivity index (χ1) is 13.7. The zero-order valence-corrected chi connectivity index (χ0v) is 15.9. The van der Waals surface area contributed by atoms with Crippen molar-refractivity contribution in [1.82, 2.24) is 15.1 Å². The van der Waals surface area contributed by atoms with E-state index in [1.165, 1.54) is 5.56 Å². The number of nitrogens with zero attached hydrogens (tertiary/aromatic N) is 2. The highest BCUT2D eigenvalue weighted by Crippen LogP contribution is 2.23. The molecule has 2 aromatic carbocycles. The predicted molar refractivity (Wildman–Crippen MR) is 108 cm³/mol. The minimum atomic E-state index is -0.779. The number of carbonyl (C=O) groups is 1. The lowest BCUT2D eigenvalue weighted by molar-refractivity contribution is -0.137. The average Bonchev–Trinajstić information content (AvgIpc) is 3.19. The van der Waals surface area contributed by atoms with E-state index in [4.69, 9.17) is 9.84 Å². The van der Waals surface area contributed by atoms with E-state index >= 15 is 0 Å². The number of para-hydroxylation sites is 2. The van der Waals surface area contributed by atoms with Crippen molar-refractivity contribution in [2.45, 2.75) is 31.8 Å². The van der Waals surface area contributed by atoms with Crippen molar-refractivity contribution in [3.05, 3.63) is 78.1 Å². The Morgan fingerprint density at radius 2 is 1.89 bits per heavy atom. The van der Waals surface area contributed by atoms with Gasteiger partial charge in [-0.25, -0.2) is 4.68 Å². The van der Waals surface area contributed by atoms with Crippen molar-refractivity contribution < 1.29 is 14.6 Å². The predicted octanol–water partition coefficient (Wildman–Crippen LogP) is 3.45. The van der Waals surface area contributed by atoms with Crippen LogP contribution in [0.25, 0.3) is 5.69 Å². The van der Waals surface area contributed by atoms with Gasteiger partial charge < -0.3 is 15.2 Å². The van der Waals surface area contributed by atoms with Gasteiger partial charge in [0.1, 0.15) is 11.4 Å². The summed E-state index contributed by atoms with van der Waals surface area (Å²) in [5, 5.41) is 17.0. The summed E-state index contributed by atoms with van der Waals surface area (Å²) < 4.78 is 7.30. The smallest absolute Gasteiger partial charge is 0.303 e. The van der Waals surface area contributed by atoms with Gasteiger partial charge in [0.25, 0.3) is 0 Å². The molecule has 0 fully saturated rings. The van der Waals surface area contributed by atoms with Crippen molar-refractivity contribution in [3.8, 4) is 11.4 Å². The molecule has 28 heavy (non-hydrogen) atoms. The average molecular weight is 379 g/mol. The van der Waals surface area contributed by atoms with Crippen molar-refractivity contribution in [3.63, 3.8) is 0 Å². The molecule has 0 radical (unpaired) electrons. The van der Waals surface area contributed by atoms with Gasteiger partial charge in [0, 0.05) is 25.2 Å². The molecule has 0 aliphatic rings. The van der Waals surface area contributed by atoms with Crippen LogP contribution in [0.3, 0.4) is 0 Å². The molecule has 2 N–H and O–H groups in total. The van der Waals surface area contributed by atoms with Crippen LogP contribution in [-0.4, -0.2) is 34.0 Å². The lowest BCUT2D eigenvalue weighted by Gasteiger charge is -2.19. The zero-order chi connectivity index (χ0) is 19.8. The summed E-state index contributed by atoms with van der Waals surface area (Å²) in [6, 6.07) is 19.8. The fourth-order valence-corrected chi connectivity index (χ4v) is 3.21. The highest BCUT2D eigenvalue weighted by Gasteiger charge is 2.14. The van der Waals surface area contributed by atoms with E-state index in [0.717, 1.165) is 23.6 Å². The topological polar surface area (TPSA) is 76.4 Å². The fraction of sp³-hybridized carbons (Fsp3) is 0.273. The van der Waals surface area contributed by atoms with Crippen LogP contribution < -0.4 is 10.1 Å². The van der Waals surface area contributed by atoms with Gasteiger partial charge in [-0.05, 0) is 36.6 Å². The van der Waals surface area contributed by atoms with Gasteiger partial charge in [-0.15, -0.1) is 0 Å². The number of ether oxygens (including phenoxy) is 1. The molecule has 0 saturated carbocycles. The molecular weight excluding hydrogens is 354 g/mol. The molecule has 1 heterocycles. The summed E-state index contributed by atoms with van der Waals surface area (Å²) in [5.74, 6) is -0.0295. The summed E-state index contributed by atoms with van der Waals surface area (Å²) in [7, 11) is 1.64. The van der Waals surface area contributed by atoms with Gasteiger partial charge in [-0.3, -0.25) is 4.79 Å². The normalized spacial score (nSPS) is 11.9. The number of hydrogen-bond donors (Lipinski definition) is 2. The van der Waals surface area contributed by atoms with E-state index in [9.17, 15) is 4.79 Å². The first-order valence-electron chi connectivity index (χ1n) is 9.32. The largest absolute Gasteiger partial charge is 0.494 e. The third-order valence-electron chi connectivity index (χ3n) is 4.64. The molecule has 0 spiro atoms. The van der Waals surface area contributed by atoms with Crippen molar-refractivity contribution in [2.75, 3.05) is 7.11 Å². The summed E-state index contributed by atoms with van der Waals surface area (Å²) in [5.41, 5.74) is 3.04. The molecule has 0 aliphatic carbocycles. The lowest BCUT2D eigenvalue weighted by Crippen LogP contribution is -2.32. The summed E-state index contributed by atoms with van der Waals surface area (Å²) in [6.07, 6.45) is 3.23. The summed E-state index contributed by atoms with van der Waals surface area (Å²) in [6.45, 7) is 0.579. The Bertz CT molecular complexity index is 893. The van der Waals surface area contributed by atoms with Crippen LogP contribution in [0.15, 0.2) is 66.9 Å². The molecule has 3 rings (SSSR count). The molecule has 6 heteroatoms. The minimum absolute atomic E-state index is 0.0551. The SMILES string of the molecule is COc1ccccc1-n1nccc1CNC(CCC(=O)O)Cc1ccccc1. The first-order valence-corrected chi connectivity index (χ1v) is 9.32. The van der Waals surface area contributed by atoms with Crippen molar-refractivity contribution >= 4 is 5.97 Å². The van der Waals surface area contributed by atoms with Crippen LogP contribution in [0.5, 0.6) is 5.75 Å². The molecule has 0 bridgehead atoms. The first kappa shape index (κ1) is 19.6. The molecule has 1 unspecified atom stereocenters. The van der Waals surface area contributed by atoms with E-state index < -0.39 is 5.97 Å². The Balaban J connectivity index is 1.73. The Morgan fingerprint density at radius 1 is 1.14 bits per heavy atom. The number of benzene rings is 2. The molecular formula is C22H25N3O3. The van der Waals surface area contributed by atoms with Gasteiger partial charge in [-0.2, -0.15) is 5.10 Å². The molecule has 146 valence electrons. The van der Waals surface area contributed by atoms with Crippen LogP contribution in [0.1, 0.15) is 24.1 Å². The van der Waals surface area contributed by atoms with E-state index in [-0.39, 0.29) is 12.5 Å². The summed E-state index contributed by atoms with van der Waals surface area (Å²) in [4.78, 5) is 11.0.